The van der Waals surface area contributed by atoms with E-state index in [4.69, 9.17) is 9.47 Å². The average molecular weight is 380 g/mol. The third-order valence-corrected chi connectivity index (χ3v) is 5.25. The molecule has 4 rings (SSSR count). The van der Waals surface area contributed by atoms with Gasteiger partial charge in [0.1, 0.15) is 13.2 Å². The Hall–Kier alpha value is -3.02. The largest absolute Gasteiger partial charge is 0.486 e. The van der Waals surface area contributed by atoms with Crippen LogP contribution in [0, 0.1) is 0 Å². The Morgan fingerprint density at radius 2 is 1.36 bits per heavy atom. The van der Waals surface area contributed by atoms with Gasteiger partial charge in [-0.2, -0.15) is 0 Å². The van der Waals surface area contributed by atoms with E-state index in [2.05, 4.69) is 10.6 Å². The lowest BCUT2D eigenvalue weighted by atomic mass is 9.84. The molecule has 28 heavy (non-hydrogen) atoms. The molecule has 0 unspecified atom stereocenters. The van der Waals surface area contributed by atoms with Crippen molar-refractivity contribution in [1.82, 2.24) is 0 Å². The van der Waals surface area contributed by atoms with Gasteiger partial charge in [-0.3, -0.25) is 9.59 Å². The third-order valence-electron chi connectivity index (χ3n) is 5.25. The number of hydrogen-bond acceptors (Lipinski definition) is 4. The summed E-state index contributed by atoms with van der Waals surface area (Å²) in [6.45, 7) is 0.961. The molecule has 0 aromatic heterocycles. The molecule has 0 bridgehead atoms. The Balaban J connectivity index is 1.34. The average Bonchev–Trinajstić information content (AvgIpc) is 2.75. The summed E-state index contributed by atoms with van der Waals surface area (Å²) in [6.07, 6.45) is 6.34. The fourth-order valence-corrected chi connectivity index (χ4v) is 3.77. The number of benzene rings is 2. The molecule has 2 aromatic rings. The Morgan fingerprint density at radius 3 is 2.07 bits per heavy atom. The van der Waals surface area contributed by atoms with Crippen molar-refractivity contribution in [3.05, 3.63) is 48.0 Å². The first-order valence-corrected chi connectivity index (χ1v) is 9.81. The van der Waals surface area contributed by atoms with Crippen LogP contribution in [0.1, 0.15) is 43.6 Å². The third kappa shape index (κ3) is 4.27. The van der Waals surface area contributed by atoms with E-state index in [9.17, 15) is 9.59 Å². The van der Waals surface area contributed by atoms with Crippen molar-refractivity contribution in [2.75, 3.05) is 23.8 Å². The quantitative estimate of drug-likeness (QED) is 0.787. The molecular formula is C22H24N2O4. The van der Waals surface area contributed by atoms with Gasteiger partial charge in [0.25, 0.3) is 0 Å². The summed E-state index contributed by atoms with van der Waals surface area (Å²) < 4.78 is 10.9. The van der Waals surface area contributed by atoms with Gasteiger partial charge in [-0.15, -0.1) is 0 Å². The molecular weight excluding hydrogens is 356 g/mol. The van der Waals surface area contributed by atoms with Gasteiger partial charge in [-0.25, -0.2) is 0 Å². The predicted molar refractivity (Wildman–Crippen MR) is 107 cm³/mol. The van der Waals surface area contributed by atoms with E-state index in [1.165, 1.54) is 37.7 Å². The van der Waals surface area contributed by atoms with Crippen molar-refractivity contribution in [3.63, 3.8) is 0 Å². The van der Waals surface area contributed by atoms with E-state index in [0.29, 0.717) is 42.0 Å². The highest BCUT2D eigenvalue weighted by atomic mass is 16.6. The van der Waals surface area contributed by atoms with Gasteiger partial charge >= 0.3 is 11.8 Å². The van der Waals surface area contributed by atoms with E-state index >= 15 is 0 Å². The maximum atomic E-state index is 12.2. The second-order valence-corrected chi connectivity index (χ2v) is 7.22. The Bertz CT molecular complexity index is 857. The number of fused-ring (bicyclic) bond motifs is 1. The molecule has 1 aliphatic heterocycles. The minimum absolute atomic E-state index is 0.460. The van der Waals surface area contributed by atoms with Gasteiger partial charge in [0.15, 0.2) is 11.5 Å². The predicted octanol–water partition coefficient (Wildman–Crippen LogP) is 4.08. The van der Waals surface area contributed by atoms with Crippen molar-refractivity contribution >= 4 is 23.2 Å². The summed E-state index contributed by atoms with van der Waals surface area (Å²) in [5, 5.41) is 5.24. The minimum atomic E-state index is -0.729. The molecule has 6 heteroatoms. The number of nitrogens with one attached hydrogen (secondary N) is 2. The summed E-state index contributed by atoms with van der Waals surface area (Å²) in [6, 6.07) is 12.9. The lowest BCUT2D eigenvalue weighted by Crippen LogP contribution is -2.29. The van der Waals surface area contributed by atoms with Crippen molar-refractivity contribution in [2.24, 2.45) is 0 Å². The molecule has 2 amide bonds. The molecule has 2 aromatic carbocycles. The van der Waals surface area contributed by atoms with Gasteiger partial charge in [0.2, 0.25) is 0 Å². The van der Waals surface area contributed by atoms with Crippen LogP contribution in [0.15, 0.2) is 42.5 Å². The zero-order valence-electron chi connectivity index (χ0n) is 15.7. The SMILES string of the molecule is O=C(Nc1ccc(C2CCCCC2)cc1)C(=O)Nc1ccc2c(c1)OCCO2. The fraction of sp³-hybridized carbons (Fsp3) is 0.364. The first-order valence-electron chi connectivity index (χ1n) is 9.81. The highest BCUT2D eigenvalue weighted by molar-refractivity contribution is 6.43. The number of rotatable bonds is 3. The maximum Gasteiger partial charge on any atom is 0.314 e. The summed E-state index contributed by atoms with van der Waals surface area (Å²) >= 11 is 0. The van der Waals surface area contributed by atoms with E-state index in [1.54, 1.807) is 18.2 Å². The number of hydrogen-bond donors (Lipinski definition) is 2. The fourth-order valence-electron chi connectivity index (χ4n) is 3.77. The molecule has 2 N–H and O–H groups in total. The number of carbonyl (C=O) groups is 2. The lowest BCUT2D eigenvalue weighted by Gasteiger charge is -2.22. The lowest BCUT2D eigenvalue weighted by molar-refractivity contribution is -0.133. The number of anilines is 2. The zero-order valence-corrected chi connectivity index (χ0v) is 15.7. The van der Waals surface area contributed by atoms with Crippen LogP contribution in [0.3, 0.4) is 0 Å². The van der Waals surface area contributed by atoms with Gasteiger partial charge in [-0.05, 0) is 48.6 Å². The molecule has 0 spiro atoms. The minimum Gasteiger partial charge on any atom is -0.486 e. The van der Waals surface area contributed by atoms with Gasteiger partial charge in [-0.1, -0.05) is 31.4 Å². The Kier molecular flexibility index (Phi) is 5.46. The van der Waals surface area contributed by atoms with Gasteiger partial charge in [0, 0.05) is 17.4 Å². The van der Waals surface area contributed by atoms with Crippen LogP contribution in [-0.2, 0) is 9.59 Å². The monoisotopic (exact) mass is 380 g/mol. The summed E-state index contributed by atoms with van der Waals surface area (Å²) in [4.78, 5) is 24.4. The van der Waals surface area contributed by atoms with E-state index < -0.39 is 11.8 Å². The van der Waals surface area contributed by atoms with Crippen LogP contribution in [-0.4, -0.2) is 25.0 Å². The molecule has 2 aliphatic rings. The van der Waals surface area contributed by atoms with Crippen LogP contribution in [0.5, 0.6) is 11.5 Å². The molecule has 0 saturated heterocycles. The molecule has 1 fully saturated rings. The number of amides is 2. The molecule has 0 atom stereocenters. The van der Waals surface area contributed by atoms with E-state index in [-0.39, 0.29) is 0 Å². The second kappa shape index (κ2) is 8.33. The maximum absolute atomic E-state index is 12.2. The van der Waals surface area contributed by atoms with Crippen LogP contribution >= 0.6 is 0 Å². The van der Waals surface area contributed by atoms with Crippen molar-refractivity contribution in [2.45, 2.75) is 38.0 Å². The van der Waals surface area contributed by atoms with Crippen molar-refractivity contribution in [3.8, 4) is 11.5 Å². The summed E-state index contributed by atoms with van der Waals surface area (Å²) in [7, 11) is 0. The number of ether oxygens (including phenoxy) is 2. The normalized spacial score (nSPS) is 16.3. The van der Waals surface area contributed by atoms with Gasteiger partial charge < -0.3 is 20.1 Å². The second-order valence-electron chi connectivity index (χ2n) is 7.22. The molecule has 1 heterocycles. The Morgan fingerprint density at radius 1 is 0.750 bits per heavy atom. The highest BCUT2D eigenvalue weighted by Gasteiger charge is 2.18. The molecule has 146 valence electrons. The summed E-state index contributed by atoms with van der Waals surface area (Å²) in [5.41, 5.74) is 2.40. The van der Waals surface area contributed by atoms with Gasteiger partial charge in [0.05, 0.1) is 0 Å². The topological polar surface area (TPSA) is 76.7 Å². The number of carbonyl (C=O) groups excluding carboxylic acids is 2. The van der Waals surface area contributed by atoms with Crippen LogP contribution in [0.2, 0.25) is 0 Å². The summed E-state index contributed by atoms with van der Waals surface area (Å²) in [5.74, 6) is 0.361. The van der Waals surface area contributed by atoms with Crippen LogP contribution < -0.4 is 20.1 Å². The first-order chi connectivity index (χ1) is 13.7. The first kappa shape index (κ1) is 18.3. The Labute approximate surface area is 164 Å². The van der Waals surface area contributed by atoms with Crippen molar-refractivity contribution < 1.29 is 19.1 Å². The van der Waals surface area contributed by atoms with Crippen molar-refractivity contribution in [1.29, 1.82) is 0 Å². The molecule has 1 saturated carbocycles. The molecule has 0 radical (unpaired) electrons. The molecule has 6 nitrogen and oxygen atoms in total. The van der Waals surface area contributed by atoms with Crippen LogP contribution in [0.4, 0.5) is 11.4 Å². The zero-order chi connectivity index (χ0) is 19.3. The molecule has 1 aliphatic carbocycles. The standard InChI is InChI=1S/C22H24N2O4/c25-21(22(26)24-18-10-11-19-20(14-18)28-13-12-27-19)23-17-8-6-16(7-9-17)15-4-2-1-3-5-15/h6-11,14-15H,1-5,12-13H2,(H,23,25)(H,24,26). The van der Waals surface area contributed by atoms with Crippen LogP contribution in [0.25, 0.3) is 0 Å². The van der Waals surface area contributed by atoms with E-state index in [1.807, 2.05) is 24.3 Å². The smallest absolute Gasteiger partial charge is 0.314 e. The van der Waals surface area contributed by atoms with E-state index in [0.717, 1.165) is 0 Å². The highest BCUT2D eigenvalue weighted by Crippen LogP contribution is 2.33.